The second-order valence-corrected chi connectivity index (χ2v) is 5.78. The Bertz CT molecular complexity index is 869. The van der Waals surface area contributed by atoms with E-state index < -0.39 is 11.8 Å². The molecule has 3 amide bonds. The van der Waals surface area contributed by atoms with E-state index >= 15 is 0 Å². The van der Waals surface area contributed by atoms with Crippen LogP contribution in [-0.4, -0.2) is 35.1 Å². The molecule has 0 fully saturated rings. The van der Waals surface area contributed by atoms with Gasteiger partial charge >= 0.3 is 0 Å². The molecule has 0 unspecified atom stereocenters. The molecule has 2 aromatic rings. The predicted octanol–water partition coefficient (Wildman–Crippen LogP) is 2.50. The van der Waals surface area contributed by atoms with Crippen molar-refractivity contribution in [2.45, 2.75) is 13.8 Å². The normalized spacial score (nSPS) is 13.0. The van der Waals surface area contributed by atoms with Crippen LogP contribution in [0, 0.1) is 0 Å². The van der Waals surface area contributed by atoms with E-state index in [1.54, 1.807) is 48.5 Å². The fraction of sp³-hybridized carbons (Fsp3) is 0.158. The SMILES string of the molecule is CC(=O)c1cccc(N(CN2C(=O)c3ccccc3C2=O)C(C)=O)c1. The fourth-order valence-electron chi connectivity index (χ4n) is 2.76. The highest BCUT2D eigenvalue weighted by molar-refractivity contribution is 6.21. The minimum absolute atomic E-state index is 0.133. The van der Waals surface area contributed by atoms with Gasteiger partial charge in [0.25, 0.3) is 11.8 Å². The van der Waals surface area contributed by atoms with E-state index in [1.165, 1.54) is 18.7 Å². The maximum absolute atomic E-state index is 12.5. The second-order valence-electron chi connectivity index (χ2n) is 5.78. The van der Waals surface area contributed by atoms with E-state index in [0.717, 1.165) is 4.90 Å². The molecule has 0 N–H and O–H groups in total. The molecule has 6 nitrogen and oxygen atoms in total. The zero-order valence-electron chi connectivity index (χ0n) is 13.9. The van der Waals surface area contributed by atoms with Crippen LogP contribution in [0.25, 0.3) is 0 Å². The summed E-state index contributed by atoms with van der Waals surface area (Å²) < 4.78 is 0. The molecule has 0 atom stereocenters. The lowest BCUT2D eigenvalue weighted by atomic mass is 10.1. The third-order valence-corrected chi connectivity index (χ3v) is 4.11. The first-order valence-corrected chi connectivity index (χ1v) is 7.74. The summed E-state index contributed by atoms with van der Waals surface area (Å²) in [7, 11) is 0. The summed E-state index contributed by atoms with van der Waals surface area (Å²) in [6.45, 7) is 2.57. The van der Waals surface area contributed by atoms with Gasteiger partial charge < -0.3 is 0 Å². The molecule has 126 valence electrons. The van der Waals surface area contributed by atoms with Crippen LogP contribution in [0.3, 0.4) is 0 Å². The third-order valence-electron chi connectivity index (χ3n) is 4.11. The van der Waals surface area contributed by atoms with Gasteiger partial charge in [-0.2, -0.15) is 0 Å². The first kappa shape index (κ1) is 16.6. The molecule has 0 spiro atoms. The van der Waals surface area contributed by atoms with Crippen molar-refractivity contribution in [3.8, 4) is 0 Å². The van der Waals surface area contributed by atoms with Crippen LogP contribution in [0.15, 0.2) is 48.5 Å². The number of Topliss-reactive ketones (excluding diaryl/α,β-unsaturated/α-hetero) is 1. The molecule has 0 bridgehead atoms. The van der Waals surface area contributed by atoms with Gasteiger partial charge in [0.05, 0.1) is 11.1 Å². The molecule has 2 aromatic carbocycles. The van der Waals surface area contributed by atoms with Crippen LogP contribution in [0.5, 0.6) is 0 Å². The highest BCUT2D eigenvalue weighted by Gasteiger charge is 2.36. The van der Waals surface area contributed by atoms with Crippen molar-refractivity contribution in [2.75, 3.05) is 11.6 Å². The van der Waals surface area contributed by atoms with Crippen LogP contribution in [0.2, 0.25) is 0 Å². The highest BCUT2D eigenvalue weighted by atomic mass is 16.2. The maximum atomic E-state index is 12.5. The Morgan fingerprint density at radius 2 is 1.52 bits per heavy atom. The van der Waals surface area contributed by atoms with Crippen molar-refractivity contribution in [1.82, 2.24) is 4.90 Å². The van der Waals surface area contributed by atoms with Gasteiger partial charge in [0.1, 0.15) is 6.67 Å². The van der Waals surface area contributed by atoms with E-state index in [9.17, 15) is 19.2 Å². The number of nitrogens with zero attached hydrogens (tertiary/aromatic N) is 2. The van der Waals surface area contributed by atoms with E-state index in [4.69, 9.17) is 0 Å². The third kappa shape index (κ3) is 2.94. The summed E-state index contributed by atoms with van der Waals surface area (Å²) in [5.74, 6) is -1.34. The van der Waals surface area contributed by atoms with Crippen molar-refractivity contribution in [3.63, 3.8) is 0 Å². The maximum Gasteiger partial charge on any atom is 0.263 e. The van der Waals surface area contributed by atoms with Crippen molar-refractivity contribution in [3.05, 3.63) is 65.2 Å². The molecular weight excluding hydrogens is 320 g/mol. The molecule has 1 aliphatic rings. The van der Waals surface area contributed by atoms with Crippen molar-refractivity contribution in [1.29, 1.82) is 0 Å². The molecular formula is C19H16N2O4. The molecule has 0 radical (unpaired) electrons. The van der Waals surface area contributed by atoms with E-state index in [0.29, 0.717) is 22.4 Å². The van der Waals surface area contributed by atoms with E-state index in [2.05, 4.69) is 0 Å². The summed E-state index contributed by atoms with van der Waals surface area (Å²) in [4.78, 5) is 51.0. The molecule has 25 heavy (non-hydrogen) atoms. The molecule has 1 aliphatic heterocycles. The number of carbonyl (C=O) groups excluding carboxylic acids is 4. The van der Waals surface area contributed by atoms with Crippen LogP contribution < -0.4 is 4.90 Å². The van der Waals surface area contributed by atoms with Crippen molar-refractivity contribution in [2.24, 2.45) is 0 Å². The lowest BCUT2D eigenvalue weighted by molar-refractivity contribution is -0.116. The number of carbonyl (C=O) groups is 4. The number of rotatable bonds is 4. The van der Waals surface area contributed by atoms with Gasteiger partial charge in [-0.05, 0) is 31.2 Å². The molecule has 1 heterocycles. The van der Waals surface area contributed by atoms with Crippen molar-refractivity contribution < 1.29 is 19.2 Å². The largest absolute Gasteiger partial charge is 0.295 e. The molecule has 6 heteroatoms. The predicted molar refractivity (Wildman–Crippen MR) is 91.4 cm³/mol. The highest BCUT2D eigenvalue weighted by Crippen LogP contribution is 2.25. The minimum Gasteiger partial charge on any atom is -0.295 e. The Morgan fingerprint density at radius 1 is 0.920 bits per heavy atom. The second kappa shape index (κ2) is 6.32. The number of anilines is 1. The molecule has 0 aliphatic carbocycles. The molecule has 0 saturated carbocycles. The van der Waals surface area contributed by atoms with Gasteiger partial charge in [-0.1, -0.05) is 24.3 Å². The average molecular weight is 336 g/mol. The van der Waals surface area contributed by atoms with Crippen LogP contribution in [0.4, 0.5) is 5.69 Å². The number of imide groups is 1. The Balaban J connectivity index is 1.93. The standard InChI is InChI=1S/C19H16N2O4/c1-12(22)14-6-5-7-15(10-14)20(13(2)23)11-21-18(24)16-8-3-4-9-17(16)19(21)25/h3-10H,11H2,1-2H3. The lowest BCUT2D eigenvalue weighted by Crippen LogP contribution is -2.43. The summed E-state index contributed by atoms with van der Waals surface area (Å²) in [6.07, 6.45) is 0. The summed E-state index contributed by atoms with van der Waals surface area (Å²) in [5.41, 5.74) is 1.56. The monoisotopic (exact) mass is 336 g/mol. The average Bonchev–Trinajstić information content (AvgIpc) is 2.84. The quantitative estimate of drug-likeness (QED) is 0.635. The summed E-state index contributed by atoms with van der Waals surface area (Å²) >= 11 is 0. The zero-order valence-corrected chi connectivity index (χ0v) is 13.9. The fourth-order valence-corrected chi connectivity index (χ4v) is 2.76. The summed E-state index contributed by atoms with van der Waals surface area (Å²) in [6, 6.07) is 13.1. The molecule has 3 rings (SSSR count). The van der Waals surface area contributed by atoms with Crippen molar-refractivity contribution >= 4 is 29.2 Å². The summed E-state index contributed by atoms with van der Waals surface area (Å²) in [5, 5.41) is 0. The van der Waals surface area contributed by atoms with Gasteiger partial charge in [-0.3, -0.25) is 29.0 Å². The zero-order chi connectivity index (χ0) is 18.1. The van der Waals surface area contributed by atoms with Gasteiger partial charge in [0, 0.05) is 18.2 Å². The number of benzene rings is 2. The van der Waals surface area contributed by atoms with E-state index in [1.807, 2.05) is 0 Å². The number of amides is 3. The Kier molecular flexibility index (Phi) is 4.19. The number of fused-ring (bicyclic) bond motifs is 1. The number of hydrogen-bond donors (Lipinski definition) is 0. The Hall–Kier alpha value is -3.28. The topological polar surface area (TPSA) is 74.8 Å². The molecule has 0 saturated heterocycles. The van der Waals surface area contributed by atoms with E-state index in [-0.39, 0.29) is 18.4 Å². The minimum atomic E-state index is -0.436. The molecule has 0 aromatic heterocycles. The van der Waals surface area contributed by atoms with Crippen LogP contribution in [-0.2, 0) is 4.79 Å². The Labute approximate surface area is 144 Å². The first-order valence-electron chi connectivity index (χ1n) is 7.74. The van der Waals surface area contributed by atoms with Crippen LogP contribution >= 0.6 is 0 Å². The van der Waals surface area contributed by atoms with Gasteiger partial charge in [0.2, 0.25) is 5.91 Å². The smallest absolute Gasteiger partial charge is 0.263 e. The first-order chi connectivity index (χ1) is 11.9. The van der Waals surface area contributed by atoms with Gasteiger partial charge in [-0.15, -0.1) is 0 Å². The van der Waals surface area contributed by atoms with Gasteiger partial charge in [0.15, 0.2) is 5.78 Å². The number of ketones is 1. The Morgan fingerprint density at radius 3 is 2.04 bits per heavy atom. The number of hydrogen-bond acceptors (Lipinski definition) is 4. The van der Waals surface area contributed by atoms with Crippen LogP contribution in [0.1, 0.15) is 44.9 Å². The lowest BCUT2D eigenvalue weighted by Gasteiger charge is -2.26. The van der Waals surface area contributed by atoms with Gasteiger partial charge in [-0.25, -0.2) is 0 Å².